The number of aryl methyl sites for hydroxylation is 1. The molecule has 0 spiro atoms. The highest BCUT2D eigenvalue weighted by Crippen LogP contribution is 2.35. The van der Waals surface area contributed by atoms with Gasteiger partial charge in [-0.1, -0.05) is 36.4 Å². The number of carboxylic acids is 2. The highest BCUT2D eigenvalue weighted by Gasteiger charge is 2.40. The molecule has 7 nitrogen and oxygen atoms in total. The second kappa shape index (κ2) is 8.26. The summed E-state index contributed by atoms with van der Waals surface area (Å²) in [6, 6.07) is 5.99. The molecule has 0 N–H and O–H groups in total. The molecule has 0 saturated heterocycles. The minimum absolute atomic E-state index is 0.0472. The normalized spacial score (nSPS) is 12.9. The van der Waals surface area contributed by atoms with E-state index in [0.717, 1.165) is 5.56 Å². The molecule has 0 amide bonds. The molecule has 0 radical (unpaired) electrons. The van der Waals surface area contributed by atoms with Gasteiger partial charge in [0.2, 0.25) is 0 Å². The SMILES string of the molecule is C=C(C(=O)[O-])C(CC(=O)OCCOC)(C(=O)[O-])c1ccc(C)cc1. The number of aliphatic carboxylic acids is 2. The monoisotopic (exact) mass is 334 g/mol. The summed E-state index contributed by atoms with van der Waals surface area (Å²) in [6.45, 7) is 5.08. The number of hydrogen-bond acceptors (Lipinski definition) is 7. The van der Waals surface area contributed by atoms with E-state index in [-0.39, 0.29) is 18.8 Å². The molecular weight excluding hydrogens is 316 g/mol. The third kappa shape index (κ3) is 4.20. The van der Waals surface area contributed by atoms with Gasteiger partial charge in [-0.15, -0.1) is 0 Å². The van der Waals surface area contributed by atoms with Crippen LogP contribution in [0.1, 0.15) is 17.5 Å². The number of methoxy groups -OCH3 is 1. The summed E-state index contributed by atoms with van der Waals surface area (Å²) in [5.41, 5.74) is -2.19. The van der Waals surface area contributed by atoms with Gasteiger partial charge < -0.3 is 29.3 Å². The molecule has 1 aromatic carbocycles. The van der Waals surface area contributed by atoms with Gasteiger partial charge >= 0.3 is 5.97 Å². The molecule has 0 aliphatic rings. The first-order valence-electron chi connectivity index (χ1n) is 7.09. The lowest BCUT2D eigenvalue weighted by molar-refractivity contribution is -0.317. The van der Waals surface area contributed by atoms with Crippen LogP contribution in [0.2, 0.25) is 0 Å². The molecule has 0 saturated carbocycles. The predicted molar refractivity (Wildman–Crippen MR) is 79.5 cm³/mol. The van der Waals surface area contributed by atoms with Gasteiger partial charge in [-0.25, -0.2) is 0 Å². The summed E-state index contributed by atoms with van der Waals surface area (Å²) >= 11 is 0. The molecule has 0 aliphatic heterocycles. The highest BCUT2D eigenvalue weighted by atomic mass is 16.6. The molecule has 0 heterocycles. The number of carbonyl (C=O) groups excluding carboxylic acids is 3. The Balaban J connectivity index is 3.30. The van der Waals surface area contributed by atoms with Crippen molar-refractivity contribution in [2.75, 3.05) is 20.3 Å². The highest BCUT2D eigenvalue weighted by molar-refractivity contribution is 6.01. The van der Waals surface area contributed by atoms with Crippen molar-refractivity contribution in [3.05, 3.63) is 47.5 Å². The lowest BCUT2D eigenvalue weighted by Crippen LogP contribution is -2.52. The number of ether oxygens (including phenoxy) is 2. The maximum Gasteiger partial charge on any atom is 0.307 e. The fourth-order valence-corrected chi connectivity index (χ4v) is 2.21. The van der Waals surface area contributed by atoms with E-state index in [1.165, 1.54) is 19.2 Å². The number of hydrogen-bond donors (Lipinski definition) is 0. The first-order valence-corrected chi connectivity index (χ1v) is 7.09. The van der Waals surface area contributed by atoms with Gasteiger partial charge in [0.05, 0.1) is 30.4 Å². The van der Waals surface area contributed by atoms with Crippen LogP contribution < -0.4 is 10.2 Å². The maximum atomic E-state index is 12.0. The Labute approximate surface area is 139 Å². The Hall–Kier alpha value is -2.67. The molecule has 1 aromatic rings. The predicted octanol–water partition coefficient (Wildman–Crippen LogP) is -1.13. The van der Waals surface area contributed by atoms with Gasteiger partial charge in [-0.3, -0.25) is 4.79 Å². The average Bonchev–Trinajstić information content (AvgIpc) is 2.52. The second-order valence-corrected chi connectivity index (χ2v) is 5.21. The Morgan fingerprint density at radius 3 is 2.17 bits per heavy atom. The van der Waals surface area contributed by atoms with Crippen molar-refractivity contribution in [1.29, 1.82) is 0 Å². The van der Waals surface area contributed by atoms with Crippen LogP contribution >= 0.6 is 0 Å². The zero-order valence-corrected chi connectivity index (χ0v) is 13.5. The Bertz CT molecular complexity index is 633. The molecule has 0 aromatic heterocycles. The molecule has 1 atom stereocenters. The van der Waals surface area contributed by atoms with E-state index in [1.807, 2.05) is 0 Å². The van der Waals surface area contributed by atoms with E-state index in [2.05, 4.69) is 6.58 Å². The zero-order chi connectivity index (χ0) is 18.3. The Morgan fingerprint density at radius 1 is 1.12 bits per heavy atom. The second-order valence-electron chi connectivity index (χ2n) is 5.21. The lowest BCUT2D eigenvalue weighted by atomic mass is 9.72. The molecule has 1 rings (SSSR count). The number of benzene rings is 1. The van der Waals surface area contributed by atoms with Crippen LogP contribution in [0.25, 0.3) is 0 Å². The van der Waals surface area contributed by atoms with E-state index in [4.69, 9.17) is 9.47 Å². The van der Waals surface area contributed by atoms with Gasteiger partial charge in [0.1, 0.15) is 6.61 Å². The van der Waals surface area contributed by atoms with E-state index in [1.54, 1.807) is 19.1 Å². The third-order valence-corrected chi connectivity index (χ3v) is 3.61. The van der Waals surface area contributed by atoms with Crippen LogP contribution in [0.15, 0.2) is 36.4 Å². The molecule has 24 heavy (non-hydrogen) atoms. The lowest BCUT2D eigenvalue weighted by Gasteiger charge is -2.37. The third-order valence-electron chi connectivity index (χ3n) is 3.61. The van der Waals surface area contributed by atoms with E-state index < -0.39 is 35.3 Å². The van der Waals surface area contributed by atoms with Crippen LogP contribution in [0.5, 0.6) is 0 Å². The van der Waals surface area contributed by atoms with Crippen LogP contribution in [-0.4, -0.2) is 38.2 Å². The smallest absolute Gasteiger partial charge is 0.307 e. The van der Waals surface area contributed by atoms with Crippen LogP contribution in [0, 0.1) is 6.92 Å². The maximum absolute atomic E-state index is 12.0. The minimum Gasteiger partial charge on any atom is -0.549 e. The standard InChI is InChI=1S/C17H20O7/c1-11-4-6-13(7-5-11)17(16(21)22,12(2)15(19)20)10-14(18)24-9-8-23-3/h4-7H,2,8-10H2,1,3H3,(H,19,20)(H,21,22)/p-2. The number of esters is 1. The van der Waals surface area contributed by atoms with Crippen molar-refractivity contribution in [3.8, 4) is 0 Å². The van der Waals surface area contributed by atoms with Crippen molar-refractivity contribution in [2.45, 2.75) is 18.8 Å². The Kier molecular flexibility index (Phi) is 6.67. The summed E-state index contributed by atoms with van der Waals surface area (Å²) in [4.78, 5) is 35.1. The van der Waals surface area contributed by atoms with Gasteiger partial charge in [-0.05, 0) is 18.1 Å². The van der Waals surface area contributed by atoms with Crippen molar-refractivity contribution >= 4 is 17.9 Å². The largest absolute Gasteiger partial charge is 0.549 e. The first-order chi connectivity index (χ1) is 11.3. The summed E-state index contributed by atoms with van der Waals surface area (Å²) in [5, 5.41) is 23.1. The molecule has 130 valence electrons. The van der Waals surface area contributed by atoms with Gasteiger partial charge in [-0.2, -0.15) is 0 Å². The zero-order valence-electron chi connectivity index (χ0n) is 13.5. The summed E-state index contributed by atoms with van der Waals surface area (Å²) in [7, 11) is 1.41. The van der Waals surface area contributed by atoms with Gasteiger partial charge in [0.15, 0.2) is 0 Å². The van der Waals surface area contributed by atoms with Crippen LogP contribution in [0.4, 0.5) is 0 Å². The van der Waals surface area contributed by atoms with Gasteiger partial charge in [0.25, 0.3) is 0 Å². The summed E-state index contributed by atoms with van der Waals surface area (Å²) < 4.78 is 9.58. The molecule has 0 bridgehead atoms. The van der Waals surface area contributed by atoms with Crippen LogP contribution in [0.3, 0.4) is 0 Å². The van der Waals surface area contributed by atoms with E-state index >= 15 is 0 Å². The molecule has 1 unspecified atom stereocenters. The van der Waals surface area contributed by atoms with Crippen molar-refractivity contribution in [3.63, 3.8) is 0 Å². The quantitative estimate of drug-likeness (QED) is 0.319. The molecular formula is C17H18O7-2. The van der Waals surface area contributed by atoms with Crippen molar-refractivity contribution < 1.29 is 34.1 Å². The Morgan fingerprint density at radius 2 is 1.71 bits per heavy atom. The van der Waals surface area contributed by atoms with Crippen molar-refractivity contribution in [2.24, 2.45) is 0 Å². The topological polar surface area (TPSA) is 116 Å². The minimum atomic E-state index is -2.28. The number of carboxylic acid groups (broad SMARTS) is 2. The van der Waals surface area contributed by atoms with Crippen LogP contribution in [-0.2, 0) is 29.3 Å². The van der Waals surface area contributed by atoms with Crippen molar-refractivity contribution in [1.82, 2.24) is 0 Å². The fourth-order valence-electron chi connectivity index (χ4n) is 2.21. The number of carbonyl (C=O) groups is 3. The average molecular weight is 334 g/mol. The molecule has 0 aliphatic carbocycles. The molecule has 0 fully saturated rings. The number of rotatable bonds is 9. The van der Waals surface area contributed by atoms with E-state index in [0.29, 0.717) is 0 Å². The van der Waals surface area contributed by atoms with Gasteiger partial charge in [0, 0.05) is 7.11 Å². The fraction of sp³-hybridized carbons (Fsp3) is 0.353. The van der Waals surface area contributed by atoms with E-state index in [9.17, 15) is 24.6 Å². The molecule has 7 heteroatoms. The first kappa shape index (κ1) is 19.4. The summed E-state index contributed by atoms with van der Waals surface area (Å²) in [6.07, 6.45) is -0.783. The summed E-state index contributed by atoms with van der Waals surface area (Å²) in [5.74, 6) is -4.48.